The van der Waals surface area contributed by atoms with Gasteiger partial charge in [0.05, 0.1) is 18.4 Å². The standard InChI is InChI=1S/C13H13ClN2O2/c1-16(8-10-3-2-6-18-10)13(17)11-7-9(14)4-5-12(11)15/h2-7H,8,15H2,1H3. The van der Waals surface area contributed by atoms with E-state index in [1.54, 1.807) is 37.6 Å². The molecule has 4 nitrogen and oxygen atoms in total. The van der Waals surface area contributed by atoms with Crippen LogP contribution in [-0.2, 0) is 6.54 Å². The van der Waals surface area contributed by atoms with Crippen LogP contribution in [0.1, 0.15) is 16.1 Å². The number of halogens is 1. The SMILES string of the molecule is CN(Cc1ccco1)C(=O)c1cc(Cl)ccc1N. The quantitative estimate of drug-likeness (QED) is 0.867. The van der Waals surface area contributed by atoms with Gasteiger partial charge in [-0.1, -0.05) is 11.6 Å². The highest BCUT2D eigenvalue weighted by Gasteiger charge is 2.16. The Balaban J connectivity index is 2.17. The van der Waals surface area contributed by atoms with Gasteiger partial charge in [0.2, 0.25) is 0 Å². The van der Waals surface area contributed by atoms with Gasteiger partial charge in [-0.15, -0.1) is 0 Å². The normalized spacial score (nSPS) is 10.3. The van der Waals surface area contributed by atoms with Crippen LogP contribution in [0.3, 0.4) is 0 Å². The Morgan fingerprint density at radius 2 is 2.22 bits per heavy atom. The molecule has 0 fully saturated rings. The van der Waals surface area contributed by atoms with Crippen LogP contribution in [-0.4, -0.2) is 17.9 Å². The van der Waals surface area contributed by atoms with Gasteiger partial charge >= 0.3 is 0 Å². The Kier molecular flexibility index (Phi) is 3.58. The second kappa shape index (κ2) is 5.14. The van der Waals surface area contributed by atoms with Gasteiger partial charge in [0.25, 0.3) is 5.91 Å². The van der Waals surface area contributed by atoms with E-state index in [0.29, 0.717) is 28.6 Å². The van der Waals surface area contributed by atoms with Gasteiger partial charge in [-0.25, -0.2) is 0 Å². The van der Waals surface area contributed by atoms with Crippen molar-refractivity contribution < 1.29 is 9.21 Å². The van der Waals surface area contributed by atoms with Crippen LogP contribution in [0, 0.1) is 0 Å². The minimum absolute atomic E-state index is 0.189. The Labute approximate surface area is 110 Å². The topological polar surface area (TPSA) is 59.5 Å². The third-order valence-corrected chi connectivity index (χ3v) is 2.80. The fourth-order valence-corrected chi connectivity index (χ4v) is 1.80. The van der Waals surface area contributed by atoms with E-state index in [2.05, 4.69) is 0 Å². The first kappa shape index (κ1) is 12.5. The number of nitrogens with two attached hydrogens (primary N) is 1. The number of nitrogens with zero attached hydrogens (tertiary/aromatic N) is 1. The molecular weight excluding hydrogens is 252 g/mol. The number of rotatable bonds is 3. The zero-order valence-corrected chi connectivity index (χ0v) is 10.6. The van der Waals surface area contributed by atoms with Gasteiger partial charge in [0, 0.05) is 17.8 Å². The number of carbonyl (C=O) groups is 1. The van der Waals surface area contributed by atoms with Gasteiger partial charge in [-0.05, 0) is 30.3 Å². The van der Waals surface area contributed by atoms with Crippen molar-refractivity contribution in [1.29, 1.82) is 0 Å². The fourth-order valence-electron chi connectivity index (χ4n) is 1.63. The van der Waals surface area contributed by atoms with Crippen molar-refractivity contribution in [1.82, 2.24) is 4.90 Å². The average Bonchev–Trinajstić information content (AvgIpc) is 2.84. The van der Waals surface area contributed by atoms with Crippen LogP contribution < -0.4 is 5.73 Å². The van der Waals surface area contributed by atoms with E-state index >= 15 is 0 Å². The Morgan fingerprint density at radius 3 is 2.89 bits per heavy atom. The second-order valence-electron chi connectivity index (χ2n) is 3.97. The lowest BCUT2D eigenvalue weighted by molar-refractivity contribution is 0.0776. The monoisotopic (exact) mass is 264 g/mol. The van der Waals surface area contributed by atoms with Crippen molar-refractivity contribution in [2.75, 3.05) is 12.8 Å². The summed E-state index contributed by atoms with van der Waals surface area (Å²) >= 11 is 5.86. The van der Waals surface area contributed by atoms with E-state index in [1.165, 1.54) is 4.90 Å². The molecule has 18 heavy (non-hydrogen) atoms. The van der Waals surface area contributed by atoms with Crippen LogP contribution in [0.4, 0.5) is 5.69 Å². The molecule has 0 unspecified atom stereocenters. The van der Waals surface area contributed by atoms with Gasteiger partial charge in [0.1, 0.15) is 5.76 Å². The summed E-state index contributed by atoms with van der Waals surface area (Å²) in [6, 6.07) is 8.43. The minimum Gasteiger partial charge on any atom is -0.467 e. The Hall–Kier alpha value is -1.94. The summed E-state index contributed by atoms with van der Waals surface area (Å²) in [6.07, 6.45) is 1.57. The molecule has 2 rings (SSSR count). The van der Waals surface area contributed by atoms with Crippen LogP contribution >= 0.6 is 11.6 Å². The van der Waals surface area contributed by atoms with E-state index < -0.39 is 0 Å². The molecule has 94 valence electrons. The first-order valence-electron chi connectivity index (χ1n) is 5.41. The molecule has 0 saturated heterocycles. The maximum Gasteiger partial charge on any atom is 0.256 e. The third kappa shape index (κ3) is 2.65. The van der Waals surface area contributed by atoms with Gasteiger partial charge in [-0.3, -0.25) is 4.79 Å². The number of amides is 1. The average molecular weight is 265 g/mol. The van der Waals surface area contributed by atoms with E-state index in [0.717, 1.165) is 0 Å². The van der Waals surface area contributed by atoms with Gasteiger partial charge in [0.15, 0.2) is 0 Å². The number of nitrogen functional groups attached to an aromatic ring is 1. The summed E-state index contributed by atoms with van der Waals surface area (Å²) < 4.78 is 5.19. The van der Waals surface area contributed by atoms with E-state index in [-0.39, 0.29) is 5.91 Å². The number of hydrogen-bond acceptors (Lipinski definition) is 3. The maximum absolute atomic E-state index is 12.2. The summed E-state index contributed by atoms with van der Waals surface area (Å²) in [4.78, 5) is 13.7. The predicted octanol–water partition coefficient (Wildman–Crippen LogP) is 2.79. The molecule has 0 aliphatic carbocycles. The number of hydrogen-bond donors (Lipinski definition) is 1. The fraction of sp³-hybridized carbons (Fsp3) is 0.154. The largest absolute Gasteiger partial charge is 0.467 e. The van der Waals surface area contributed by atoms with Gasteiger partial charge < -0.3 is 15.1 Å². The number of anilines is 1. The highest BCUT2D eigenvalue weighted by Crippen LogP contribution is 2.20. The number of carbonyl (C=O) groups excluding carboxylic acids is 1. The van der Waals surface area contributed by atoms with Crippen LogP contribution in [0.2, 0.25) is 5.02 Å². The summed E-state index contributed by atoms with van der Waals surface area (Å²) in [7, 11) is 1.69. The molecule has 0 spiro atoms. The molecule has 0 atom stereocenters. The molecule has 0 bridgehead atoms. The predicted molar refractivity (Wildman–Crippen MR) is 70.4 cm³/mol. The van der Waals surface area contributed by atoms with Crippen molar-refractivity contribution in [3.8, 4) is 0 Å². The lowest BCUT2D eigenvalue weighted by Gasteiger charge is -2.17. The van der Waals surface area contributed by atoms with Crippen molar-refractivity contribution in [2.24, 2.45) is 0 Å². The van der Waals surface area contributed by atoms with Crippen LogP contribution in [0.25, 0.3) is 0 Å². The molecule has 1 amide bonds. The molecule has 1 aromatic heterocycles. The summed E-state index contributed by atoms with van der Waals surface area (Å²) in [5.74, 6) is 0.526. The first-order chi connectivity index (χ1) is 8.58. The van der Waals surface area contributed by atoms with E-state index in [9.17, 15) is 4.79 Å². The molecule has 1 aromatic carbocycles. The minimum atomic E-state index is -0.189. The van der Waals surface area contributed by atoms with Crippen molar-refractivity contribution in [3.63, 3.8) is 0 Å². The highest BCUT2D eigenvalue weighted by molar-refractivity contribution is 6.31. The number of furan rings is 1. The summed E-state index contributed by atoms with van der Waals surface area (Å²) in [5.41, 5.74) is 6.58. The molecular formula is C13H13ClN2O2. The van der Waals surface area contributed by atoms with Crippen LogP contribution in [0.15, 0.2) is 41.0 Å². The molecule has 0 saturated carbocycles. The summed E-state index contributed by atoms with van der Waals surface area (Å²) in [6.45, 7) is 0.387. The lowest BCUT2D eigenvalue weighted by atomic mass is 10.1. The first-order valence-corrected chi connectivity index (χ1v) is 5.78. The molecule has 0 aliphatic heterocycles. The molecule has 0 aliphatic rings. The second-order valence-corrected chi connectivity index (χ2v) is 4.41. The maximum atomic E-state index is 12.2. The molecule has 2 N–H and O–H groups in total. The number of benzene rings is 1. The third-order valence-electron chi connectivity index (χ3n) is 2.57. The van der Waals surface area contributed by atoms with Crippen molar-refractivity contribution >= 4 is 23.2 Å². The van der Waals surface area contributed by atoms with E-state index in [4.69, 9.17) is 21.8 Å². The Bertz CT molecular complexity index is 552. The molecule has 1 heterocycles. The molecule has 5 heteroatoms. The zero-order chi connectivity index (χ0) is 13.1. The molecule has 2 aromatic rings. The van der Waals surface area contributed by atoms with Crippen molar-refractivity contribution in [2.45, 2.75) is 6.54 Å². The summed E-state index contributed by atoms with van der Waals surface area (Å²) in [5, 5.41) is 0.485. The lowest BCUT2D eigenvalue weighted by Crippen LogP contribution is -2.26. The molecule has 0 radical (unpaired) electrons. The highest BCUT2D eigenvalue weighted by atomic mass is 35.5. The van der Waals surface area contributed by atoms with E-state index in [1.807, 2.05) is 6.07 Å². The van der Waals surface area contributed by atoms with Crippen LogP contribution in [0.5, 0.6) is 0 Å². The smallest absolute Gasteiger partial charge is 0.256 e. The Morgan fingerprint density at radius 1 is 1.44 bits per heavy atom. The van der Waals surface area contributed by atoms with Crippen molar-refractivity contribution in [3.05, 3.63) is 52.9 Å². The zero-order valence-electron chi connectivity index (χ0n) is 9.89. The van der Waals surface area contributed by atoms with Gasteiger partial charge in [-0.2, -0.15) is 0 Å².